The summed E-state index contributed by atoms with van der Waals surface area (Å²) < 4.78 is 9.02. The quantitative estimate of drug-likeness (QED) is 0.187. The van der Waals surface area contributed by atoms with E-state index in [0.29, 0.717) is 0 Å². The second-order valence-electron chi connectivity index (χ2n) is 12.6. The smallest absolute Gasteiger partial charge is 0.153 e. The molecule has 0 saturated heterocycles. The molecule has 0 radical (unpaired) electrons. The molecule has 0 amide bonds. The Morgan fingerprint density at radius 3 is 1.78 bits per heavy atom. The van der Waals surface area contributed by atoms with Crippen molar-refractivity contribution < 1.29 is 4.74 Å². The third-order valence-electron chi connectivity index (χ3n) is 9.74. The van der Waals surface area contributed by atoms with Crippen LogP contribution in [0.4, 0.5) is 34.1 Å². The number of rotatable bonds is 5. The van der Waals surface area contributed by atoms with Gasteiger partial charge in [0.05, 0.1) is 33.8 Å². The van der Waals surface area contributed by atoms with Crippen LogP contribution in [0.5, 0.6) is 11.5 Å². The zero-order chi connectivity index (χ0) is 33.0. The van der Waals surface area contributed by atoms with Crippen molar-refractivity contribution in [1.82, 2.24) is 4.57 Å². The predicted molar refractivity (Wildman–Crippen MR) is 208 cm³/mol. The van der Waals surface area contributed by atoms with E-state index in [1.165, 1.54) is 32.6 Å². The summed E-state index contributed by atoms with van der Waals surface area (Å²) in [6.07, 6.45) is 0. The molecule has 1 aromatic heterocycles. The van der Waals surface area contributed by atoms with Gasteiger partial charge >= 0.3 is 0 Å². The SMILES string of the molecule is c1ccc(N2c3ccccc3Oc3cc(N(c4ccc(-n5c6ccccc6c6ccccc65)cc4)c4cccc5ccccc45)ccc32)cc1. The Morgan fingerprint density at radius 1 is 0.400 bits per heavy atom. The summed E-state index contributed by atoms with van der Waals surface area (Å²) in [5.74, 6) is 1.63. The molecule has 1 aliphatic rings. The molecule has 8 aromatic carbocycles. The highest BCUT2D eigenvalue weighted by atomic mass is 16.5. The van der Waals surface area contributed by atoms with Gasteiger partial charge in [0.15, 0.2) is 11.5 Å². The van der Waals surface area contributed by atoms with Gasteiger partial charge in [-0.15, -0.1) is 0 Å². The lowest BCUT2D eigenvalue weighted by Crippen LogP contribution is -2.17. The van der Waals surface area contributed by atoms with Crippen molar-refractivity contribution in [1.29, 1.82) is 0 Å². The molecule has 9 aromatic rings. The maximum atomic E-state index is 6.66. The van der Waals surface area contributed by atoms with E-state index in [0.717, 1.165) is 51.3 Å². The minimum absolute atomic E-state index is 0.803. The molecule has 0 bridgehead atoms. The van der Waals surface area contributed by atoms with Crippen molar-refractivity contribution in [2.75, 3.05) is 9.80 Å². The normalized spacial score (nSPS) is 12.1. The van der Waals surface area contributed by atoms with Gasteiger partial charge in [-0.25, -0.2) is 0 Å². The third-order valence-corrected chi connectivity index (χ3v) is 9.74. The average molecular weight is 642 g/mol. The summed E-state index contributed by atoms with van der Waals surface area (Å²) in [6, 6.07) is 66.6. The molecule has 50 heavy (non-hydrogen) atoms. The molecular weight excluding hydrogens is 611 g/mol. The minimum atomic E-state index is 0.803. The number of benzene rings is 8. The van der Waals surface area contributed by atoms with E-state index in [-0.39, 0.29) is 0 Å². The molecule has 0 aliphatic carbocycles. The van der Waals surface area contributed by atoms with Gasteiger partial charge in [-0.2, -0.15) is 0 Å². The van der Waals surface area contributed by atoms with Gasteiger partial charge in [0.2, 0.25) is 0 Å². The van der Waals surface area contributed by atoms with Crippen molar-refractivity contribution in [2.45, 2.75) is 0 Å². The van der Waals surface area contributed by atoms with Crippen molar-refractivity contribution in [2.24, 2.45) is 0 Å². The topological polar surface area (TPSA) is 20.6 Å². The third kappa shape index (κ3) is 4.46. The van der Waals surface area contributed by atoms with Gasteiger partial charge in [0.25, 0.3) is 0 Å². The monoisotopic (exact) mass is 641 g/mol. The Labute approximate surface area is 290 Å². The lowest BCUT2D eigenvalue weighted by Gasteiger charge is -2.34. The summed E-state index contributed by atoms with van der Waals surface area (Å²) in [7, 11) is 0. The molecule has 236 valence electrons. The summed E-state index contributed by atoms with van der Waals surface area (Å²) in [5, 5.41) is 4.88. The molecule has 10 rings (SSSR count). The highest BCUT2D eigenvalue weighted by molar-refractivity contribution is 6.09. The number of ether oxygens (including phenoxy) is 1. The first-order chi connectivity index (χ1) is 24.8. The number of nitrogens with zero attached hydrogens (tertiary/aromatic N) is 3. The van der Waals surface area contributed by atoms with Gasteiger partial charge in [0, 0.05) is 39.3 Å². The summed E-state index contributed by atoms with van der Waals surface area (Å²) in [6.45, 7) is 0. The molecule has 4 heteroatoms. The molecule has 2 heterocycles. The van der Waals surface area contributed by atoms with Crippen LogP contribution in [-0.2, 0) is 0 Å². The summed E-state index contributed by atoms with van der Waals surface area (Å²) >= 11 is 0. The fraction of sp³-hybridized carbons (Fsp3) is 0. The van der Waals surface area contributed by atoms with Gasteiger partial charge in [0.1, 0.15) is 0 Å². The maximum absolute atomic E-state index is 6.66. The van der Waals surface area contributed by atoms with Gasteiger partial charge < -0.3 is 19.1 Å². The van der Waals surface area contributed by atoms with Crippen LogP contribution < -0.4 is 14.5 Å². The highest BCUT2D eigenvalue weighted by Gasteiger charge is 2.27. The zero-order valence-electron chi connectivity index (χ0n) is 27.1. The van der Waals surface area contributed by atoms with Crippen LogP contribution in [0.2, 0.25) is 0 Å². The highest BCUT2D eigenvalue weighted by Crippen LogP contribution is 2.52. The Morgan fingerprint density at radius 2 is 1.00 bits per heavy atom. The van der Waals surface area contributed by atoms with Crippen LogP contribution in [-0.4, -0.2) is 4.57 Å². The molecule has 0 atom stereocenters. The fourth-order valence-corrected chi connectivity index (χ4v) is 7.52. The van der Waals surface area contributed by atoms with Gasteiger partial charge in [-0.3, -0.25) is 0 Å². The van der Waals surface area contributed by atoms with Crippen LogP contribution in [0.3, 0.4) is 0 Å². The standard InChI is InChI=1S/C46H31N3O/c1-2-15-33(16-3-1)49-43-22-10-11-24-45(43)50-46-31-36(29-30-44(46)49)47(40-23-12-14-32-13-4-5-17-37(32)40)34-25-27-35(28-26-34)48-41-20-8-6-18-38(41)39-19-7-9-21-42(39)48/h1-31H. The molecule has 1 aliphatic heterocycles. The zero-order valence-corrected chi connectivity index (χ0v) is 27.1. The van der Waals surface area contributed by atoms with Crippen molar-refractivity contribution in [3.05, 3.63) is 188 Å². The lowest BCUT2D eigenvalue weighted by molar-refractivity contribution is 0.477. The van der Waals surface area contributed by atoms with E-state index >= 15 is 0 Å². The number of anilines is 6. The molecular formula is C46H31N3O. The van der Waals surface area contributed by atoms with E-state index in [4.69, 9.17) is 4.74 Å². The summed E-state index contributed by atoms with van der Waals surface area (Å²) in [5.41, 5.74) is 9.79. The Bertz CT molecular complexity index is 2640. The molecule has 0 unspecified atom stereocenters. The largest absolute Gasteiger partial charge is 0.453 e. The first-order valence-corrected chi connectivity index (χ1v) is 16.9. The second-order valence-corrected chi connectivity index (χ2v) is 12.6. The Hall–Kier alpha value is -6.78. The lowest BCUT2D eigenvalue weighted by atomic mass is 10.1. The van der Waals surface area contributed by atoms with Gasteiger partial charge in [-0.05, 0) is 84.2 Å². The van der Waals surface area contributed by atoms with Crippen molar-refractivity contribution in [3.63, 3.8) is 0 Å². The first-order valence-electron chi connectivity index (χ1n) is 16.9. The number of fused-ring (bicyclic) bond motifs is 6. The number of para-hydroxylation sites is 5. The number of aromatic nitrogens is 1. The molecule has 0 spiro atoms. The van der Waals surface area contributed by atoms with Crippen LogP contribution in [0.15, 0.2) is 188 Å². The molecule has 0 N–H and O–H groups in total. The maximum Gasteiger partial charge on any atom is 0.153 e. The summed E-state index contributed by atoms with van der Waals surface area (Å²) in [4.78, 5) is 4.62. The minimum Gasteiger partial charge on any atom is -0.453 e. The predicted octanol–water partition coefficient (Wildman–Crippen LogP) is 13.0. The number of hydrogen-bond donors (Lipinski definition) is 0. The average Bonchev–Trinajstić information content (AvgIpc) is 3.52. The van der Waals surface area contributed by atoms with Crippen LogP contribution in [0, 0.1) is 0 Å². The number of hydrogen-bond acceptors (Lipinski definition) is 3. The molecule has 0 fully saturated rings. The van der Waals surface area contributed by atoms with E-state index in [1.54, 1.807) is 0 Å². The first kappa shape index (κ1) is 28.3. The van der Waals surface area contributed by atoms with Gasteiger partial charge in [-0.1, -0.05) is 103 Å². The second kappa shape index (κ2) is 11.4. The molecule has 0 saturated carbocycles. The van der Waals surface area contributed by atoms with E-state index in [1.807, 2.05) is 12.1 Å². The Balaban J connectivity index is 1.14. The van der Waals surface area contributed by atoms with E-state index in [2.05, 4.69) is 190 Å². The molecule has 4 nitrogen and oxygen atoms in total. The van der Waals surface area contributed by atoms with E-state index in [9.17, 15) is 0 Å². The van der Waals surface area contributed by atoms with Crippen LogP contribution in [0.25, 0.3) is 38.3 Å². The van der Waals surface area contributed by atoms with E-state index < -0.39 is 0 Å². The van der Waals surface area contributed by atoms with Crippen LogP contribution in [0.1, 0.15) is 0 Å². The van der Waals surface area contributed by atoms with Crippen LogP contribution >= 0.6 is 0 Å². The Kier molecular flexibility index (Phi) is 6.46. The fourth-order valence-electron chi connectivity index (χ4n) is 7.52. The van der Waals surface area contributed by atoms with Crippen molar-refractivity contribution in [3.8, 4) is 17.2 Å². The van der Waals surface area contributed by atoms with Crippen molar-refractivity contribution >= 4 is 66.7 Å².